The maximum atomic E-state index is 12.7. The molecule has 3 fully saturated rings. The molecule has 2 bridgehead atoms. The number of amides is 2. The van der Waals surface area contributed by atoms with Crippen molar-refractivity contribution in [3.8, 4) is 11.4 Å². The molecule has 3 saturated heterocycles. The largest absolute Gasteiger partial charge is 0.394 e. The Kier molecular flexibility index (Phi) is 7.32. The zero-order valence-corrected chi connectivity index (χ0v) is 23.3. The van der Waals surface area contributed by atoms with Crippen molar-refractivity contribution in [3.63, 3.8) is 0 Å². The Morgan fingerprint density at radius 2 is 1.57 bits per heavy atom. The highest BCUT2D eigenvalue weighted by Gasteiger charge is 2.35. The monoisotopic (exact) mass is 570 g/mol. The summed E-state index contributed by atoms with van der Waals surface area (Å²) in [5.41, 5.74) is 3.98. The average molecular weight is 571 g/mol. The average Bonchev–Trinajstić information content (AvgIpc) is 3.59. The predicted octanol–water partition coefficient (Wildman–Crippen LogP) is 3.33. The SMILES string of the molecule is O=C(Nc1ccc(-c2nc(N3CC4CCC(C3)O4)c3cnn(CCO)c3n2)cc1)Nc1ccc(N2CCOCC2)cc1. The van der Waals surface area contributed by atoms with Gasteiger partial charge in [-0.25, -0.2) is 19.4 Å². The molecule has 0 aliphatic carbocycles. The van der Waals surface area contributed by atoms with Gasteiger partial charge in [0.05, 0.1) is 50.2 Å². The van der Waals surface area contributed by atoms with Gasteiger partial charge in [-0.1, -0.05) is 0 Å². The highest BCUT2D eigenvalue weighted by molar-refractivity contribution is 6.00. The summed E-state index contributed by atoms with van der Waals surface area (Å²) >= 11 is 0. The molecule has 0 radical (unpaired) electrons. The molecule has 2 atom stereocenters. The molecule has 12 heteroatoms. The lowest BCUT2D eigenvalue weighted by Crippen LogP contribution is -2.43. The molecule has 2 aromatic carbocycles. The van der Waals surface area contributed by atoms with Crippen molar-refractivity contribution in [2.24, 2.45) is 0 Å². The number of carbonyl (C=O) groups is 1. The lowest BCUT2D eigenvalue weighted by atomic mass is 10.2. The molecule has 2 aromatic heterocycles. The Hall–Kier alpha value is -4.26. The number of fused-ring (bicyclic) bond motifs is 3. The van der Waals surface area contributed by atoms with Crippen molar-refractivity contribution in [1.29, 1.82) is 0 Å². The number of ether oxygens (including phenoxy) is 2. The van der Waals surface area contributed by atoms with E-state index >= 15 is 0 Å². The van der Waals surface area contributed by atoms with Crippen molar-refractivity contribution < 1.29 is 19.4 Å². The van der Waals surface area contributed by atoms with Crippen LogP contribution >= 0.6 is 0 Å². The van der Waals surface area contributed by atoms with Crippen LogP contribution in [0.4, 0.5) is 27.7 Å². The van der Waals surface area contributed by atoms with Gasteiger partial charge in [-0.05, 0) is 61.4 Å². The normalized spacial score (nSPS) is 20.2. The number of urea groups is 1. The highest BCUT2D eigenvalue weighted by Crippen LogP contribution is 2.34. The first-order chi connectivity index (χ1) is 20.6. The standard InChI is InChI=1S/C30H34N8O4/c39-14-11-38-29-26(17-31-38)28(37-18-24-9-10-25(19-37)42-24)34-27(35-29)20-1-3-21(4-2-20)32-30(40)33-22-5-7-23(8-6-22)36-12-15-41-16-13-36/h1-8,17,24-25,39H,9-16,18-19H2,(H2,32,33,40). The maximum Gasteiger partial charge on any atom is 0.323 e. The third-order valence-corrected chi connectivity index (χ3v) is 8.03. The lowest BCUT2D eigenvalue weighted by Gasteiger charge is -2.33. The topological polar surface area (TPSA) is 130 Å². The number of aliphatic hydroxyl groups excluding tert-OH is 1. The number of rotatable bonds is 7. The van der Waals surface area contributed by atoms with E-state index in [1.165, 1.54) is 0 Å². The van der Waals surface area contributed by atoms with E-state index in [1.54, 1.807) is 10.9 Å². The van der Waals surface area contributed by atoms with Gasteiger partial charge in [0.25, 0.3) is 0 Å². The molecule has 5 heterocycles. The summed E-state index contributed by atoms with van der Waals surface area (Å²) < 4.78 is 13.2. The van der Waals surface area contributed by atoms with E-state index in [0.29, 0.717) is 29.4 Å². The fourth-order valence-corrected chi connectivity index (χ4v) is 5.93. The fourth-order valence-electron chi connectivity index (χ4n) is 5.93. The van der Waals surface area contributed by atoms with Crippen molar-refractivity contribution >= 4 is 39.9 Å². The summed E-state index contributed by atoms with van der Waals surface area (Å²) in [6.07, 6.45) is 4.33. The minimum atomic E-state index is -0.323. The number of hydrogen-bond donors (Lipinski definition) is 3. The van der Waals surface area contributed by atoms with Gasteiger partial charge in [-0.2, -0.15) is 5.10 Å². The van der Waals surface area contributed by atoms with E-state index < -0.39 is 0 Å². The van der Waals surface area contributed by atoms with Gasteiger partial charge in [0.1, 0.15) is 5.82 Å². The highest BCUT2D eigenvalue weighted by atomic mass is 16.5. The third kappa shape index (κ3) is 5.48. The van der Waals surface area contributed by atoms with E-state index in [9.17, 15) is 9.90 Å². The molecule has 0 saturated carbocycles. The van der Waals surface area contributed by atoms with Gasteiger partial charge in [-0.15, -0.1) is 0 Å². The van der Waals surface area contributed by atoms with E-state index in [-0.39, 0.29) is 24.8 Å². The zero-order valence-electron chi connectivity index (χ0n) is 23.3. The number of morpholine rings is 2. The summed E-state index contributed by atoms with van der Waals surface area (Å²) in [4.78, 5) is 27.1. The molecule has 7 rings (SSSR count). The Morgan fingerprint density at radius 3 is 2.24 bits per heavy atom. The second-order valence-corrected chi connectivity index (χ2v) is 10.9. The quantitative estimate of drug-likeness (QED) is 0.306. The van der Waals surface area contributed by atoms with Crippen LogP contribution in [0.1, 0.15) is 12.8 Å². The summed E-state index contributed by atoms with van der Waals surface area (Å²) in [5.74, 6) is 1.40. The van der Waals surface area contributed by atoms with Gasteiger partial charge >= 0.3 is 6.03 Å². The molecular formula is C30H34N8O4. The second kappa shape index (κ2) is 11.6. The van der Waals surface area contributed by atoms with Crippen molar-refractivity contribution in [2.45, 2.75) is 31.6 Å². The van der Waals surface area contributed by atoms with E-state index in [2.05, 4.69) is 25.5 Å². The van der Waals surface area contributed by atoms with Crippen molar-refractivity contribution in [3.05, 3.63) is 54.7 Å². The van der Waals surface area contributed by atoms with Crippen molar-refractivity contribution in [2.75, 3.05) is 66.4 Å². The van der Waals surface area contributed by atoms with Crippen LogP contribution in [0, 0.1) is 0 Å². The first kappa shape index (κ1) is 26.6. The van der Waals surface area contributed by atoms with Crippen LogP contribution in [-0.2, 0) is 16.0 Å². The van der Waals surface area contributed by atoms with Gasteiger partial charge in [0, 0.05) is 48.8 Å². The summed E-state index contributed by atoms with van der Waals surface area (Å²) in [6, 6.07) is 15.0. The van der Waals surface area contributed by atoms with Crippen LogP contribution in [0.2, 0.25) is 0 Å². The summed E-state index contributed by atoms with van der Waals surface area (Å²) in [7, 11) is 0. The number of aromatic nitrogens is 4. The summed E-state index contributed by atoms with van der Waals surface area (Å²) in [5, 5.41) is 20.7. The molecule has 3 aliphatic heterocycles. The van der Waals surface area contributed by atoms with Crippen LogP contribution in [-0.4, -0.2) is 89.1 Å². The molecular weight excluding hydrogens is 536 g/mol. The molecule has 218 valence electrons. The Labute approximate surface area is 243 Å². The van der Waals surface area contributed by atoms with E-state index in [1.807, 2.05) is 48.5 Å². The van der Waals surface area contributed by atoms with Gasteiger partial charge in [0.15, 0.2) is 11.5 Å². The maximum absolute atomic E-state index is 12.7. The molecule has 2 amide bonds. The number of nitrogens with one attached hydrogen (secondary N) is 2. The number of benzene rings is 2. The first-order valence-corrected chi connectivity index (χ1v) is 14.5. The smallest absolute Gasteiger partial charge is 0.323 e. The molecule has 3 aliphatic rings. The Bertz CT molecular complexity index is 1540. The third-order valence-electron chi connectivity index (χ3n) is 8.03. The second-order valence-electron chi connectivity index (χ2n) is 10.9. The zero-order chi connectivity index (χ0) is 28.5. The number of nitrogens with zero attached hydrogens (tertiary/aromatic N) is 6. The molecule has 12 nitrogen and oxygen atoms in total. The van der Waals surface area contributed by atoms with E-state index in [0.717, 1.165) is 74.7 Å². The van der Waals surface area contributed by atoms with Crippen LogP contribution in [0.15, 0.2) is 54.7 Å². The van der Waals surface area contributed by atoms with Crippen LogP contribution < -0.4 is 20.4 Å². The number of carbonyl (C=O) groups excluding carboxylic acids is 1. The van der Waals surface area contributed by atoms with Crippen LogP contribution in [0.3, 0.4) is 0 Å². The fraction of sp³-hybridized carbons (Fsp3) is 0.400. The van der Waals surface area contributed by atoms with Gasteiger partial charge in [0.2, 0.25) is 0 Å². The first-order valence-electron chi connectivity index (χ1n) is 14.5. The number of anilines is 4. The lowest BCUT2D eigenvalue weighted by molar-refractivity contribution is 0.0303. The predicted molar refractivity (Wildman–Crippen MR) is 160 cm³/mol. The molecule has 4 aromatic rings. The molecule has 0 spiro atoms. The molecule has 42 heavy (non-hydrogen) atoms. The minimum Gasteiger partial charge on any atom is -0.394 e. The summed E-state index contributed by atoms with van der Waals surface area (Å²) in [6.45, 7) is 5.06. The number of aliphatic hydroxyl groups is 1. The van der Waals surface area contributed by atoms with Gasteiger partial charge < -0.3 is 35.0 Å². The molecule has 2 unspecified atom stereocenters. The van der Waals surface area contributed by atoms with Crippen LogP contribution in [0.25, 0.3) is 22.4 Å². The van der Waals surface area contributed by atoms with Gasteiger partial charge in [-0.3, -0.25) is 0 Å². The van der Waals surface area contributed by atoms with Crippen LogP contribution in [0.5, 0.6) is 0 Å². The number of hydrogen-bond acceptors (Lipinski definition) is 9. The van der Waals surface area contributed by atoms with E-state index in [4.69, 9.17) is 19.4 Å². The minimum absolute atomic E-state index is 0.0341. The Balaban J connectivity index is 1.07. The molecule has 3 N–H and O–H groups in total. The Morgan fingerprint density at radius 1 is 0.905 bits per heavy atom. The van der Waals surface area contributed by atoms with Crippen molar-refractivity contribution in [1.82, 2.24) is 19.7 Å².